The number of ether oxygens (including phenoxy) is 2. The van der Waals surface area contributed by atoms with Gasteiger partial charge in [-0.15, -0.1) is 0 Å². The van der Waals surface area contributed by atoms with Gasteiger partial charge in [-0.1, -0.05) is 0 Å². The van der Waals surface area contributed by atoms with Crippen molar-refractivity contribution in [2.45, 2.75) is 20.1 Å². The highest BCUT2D eigenvalue weighted by Crippen LogP contribution is 2.26. The van der Waals surface area contributed by atoms with E-state index in [0.717, 1.165) is 12.1 Å². The van der Waals surface area contributed by atoms with Crippen molar-refractivity contribution in [2.24, 2.45) is 0 Å². The summed E-state index contributed by atoms with van der Waals surface area (Å²) >= 11 is 0. The van der Waals surface area contributed by atoms with Crippen LogP contribution in [0, 0.1) is 11.3 Å². The third-order valence-electron chi connectivity index (χ3n) is 2.20. The average molecular weight is 271 g/mol. The number of esters is 1. The van der Waals surface area contributed by atoms with Crippen molar-refractivity contribution in [3.8, 4) is 11.8 Å². The van der Waals surface area contributed by atoms with E-state index < -0.39 is 19.2 Å². The number of benzene rings is 1. The van der Waals surface area contributed by atoms with Gasteiger partial charge in [0.25, 0.3) is 0 Å². The van der Waals surface area contributed by atoms with Crippen LogP contribution in [0.15, 0.2) is 12.1 Å². The van der Waals surface area contributed by atoms with Gasteiger partial charge in [0, 0.05) is 5.56 Å². The van der Waals surface area contributed by atoms with Crippen molar-refractivity contribution in [3.05, 3.63) is 28.8 Å². The summed E-state index contributed by atoms with van der Waals surface area (Å²) in [7, 11) is 0. The maximum atomic E-state index is 12.2. The van der Waals surface area contributed by atoms with Crippen LogP contribution in [0.25, 0.3) is 0 Å². The standard InChI is InChI=1S/C12H11F2NO4/c1-2-18-11(17)9-3-8(6-16)10(19-12(13)14)4-7(9)5-15/h3-4,12,16H,2,6H2,1H3. The van der Waals surface area contributed by atoms with E-state index in [-0.39, 0.29) is 29.0 Å². The molecule has 0 spiro atoms. The van der Waals surface area contributed by atoms with Crippen LogP contribution in [0.3, 0.4) is 0 Å². The quantitative estimate of drug-likeness (QED) is 0.826. The number of hydrogen-bond acceptors (Lipinski definition) is 5. The maximum absolute atomic E-state index is 12.2. The molecule has 1 aromatic carbocycles. The third-order valence-corrected chi connectivity index (χ3v) is 2.20. The Kier molecular flexibility index (Phi) is 5.21. The van der Waals surface area contributed by atoms with E-state index in [2.05, 4.69) is 4.74 Å². The number of nitriles is 1. The highest BCUT2D eigenvalue weighted by atomic mass is 19.3. The molecule has 0 atom stereocenters. The lowest BCUT2D eigenvalue weighted by Gasteiger charge is -2.12. The molecule has 102 valence electrons. The Morgan fingerprint density at radius 3 is 2.68 bits per heavy atom. The minimum Gasteiger partial charge on any atom is -0.462 e. The van der Waals surface area contributed by atoms with E-state index in [1.54, 1.807) is 13.0 Å². The van der Waals surface area contributed by atoms with Crippen molar-refractivity contribution in [3.63, 3.8) is 0 Å². The van der Waals surface area contributed by atoms with Crippen LogP contribution in [0.2, 0.25) is 0 Å². The van der Waals surface area contributed by atoms with Gasteiger partial charge < -0.3 is 14.6 Å². The highest BCUT2D eigenvalue weighted by Gasteiger charge is 2.18. The number of hydrogen-bond donors (Lipinski definition) is 1. The summed E-state index contributed by atoms with van der Waals surface area (Å²) in [6.07, 6.45) is 0. The molecule has 1 aromatic rings. The number of aliphatic hydroxyl groups excluding tert-OH is 1. The van der Waals surface area contributed by atoms with Gasteiger partial charge in [-0.3, -0.25) is 0 Å². The van der Waals surface area contributed by atoms with Crippen molar-refractivity contribution in [1.29, 1.82) is 5.26 Å². The normalized spacial score (nSPS) is 10.1. The van der Waals surface area contributed by atoms with Gasteiger partial charge in [0.2, 0.25) is 0 Å². The largest absolute Gasteiger partial charge is 0.462 e. The summed E-state index contributed by atoms with van der Waals surface area (Å²) in [6.45, 7) is -2.01. The molecular formula is C12H11F2NO4. The molecule has 0 aliphatic carbocycles. The van der Waals surface area contributed by atoms with Gasteiger partial charge in [0.15, 0.2) is 0 Å². The first-order chi connectivity index (χ1) is 9.03. The molecule has 0 saturated heterocycles. The van der Waals surface area contributed by atoms with Crippen LogP contribution in [-0.4, -0.2) is 24.3 Å². The Morgan fingerprint density at radius 2 is 2.21 bits per heavy atom. The van der Waals surface area contributed by atoms with E-state index in [4.69, 9.17) is 15.1 Å². The molecule has 1 N–H and O–H groups in total. The van der Waals surface area contributed by atoms with Crippen molar-refractivity contribution < 1.29 is 28.2 Å². The van der Waals surface area contributed by atoms with Gasteiger partial charge in [-0.2, -0.15) is 14.0 Å². The predicted molar refractivity (Wildman–Crippen MR) is 59.7 cm³/mol. The first-order valence-corrected chi connectivity index (χ1v) is 5.33. The molecule has 5 nitrogen and oxygen atoms in total. The number of carbonyl (C=O) groups excluding carboxylic acids is 1. The van der Waals surface area contributed by atoms with Gasteiger partial charge in [-0.25, -0.2) is 4.79 Å². The average Bonchev–Trinajstić information content (AvgIpc) is 2.37. The molecule has 0 aromatic heterocycles. The second-order valence-electron chi connectivity index (χ2n) is 3.37. The summed E-state index contributed by atoms with van der Waals surface area (Å²) in [5.41, 5.74) is -0.288. The van der Waals surface area contributed by atoms with E-state index in [9.17, 15) is 13.6 Å². The van der Waals surface area contributed by atoms with E-state index in [1.807, 2.05) is 0 Å². The Morgan fingerprint density at radius 1 is 1.53 bits per heavy atom. The number of aliphatic hydroxyl groups is 1. The van der Waals surface area contributed by atoms with Crippen LogP contribution < -0.4 is 4.74 Å². The molecule has 0 amide bonds. The minimum absolute atomic E-state index is 0.0256. The fourth-order valence-electron chi connectivity index (χ4n) is 1.42. The maximum Gasteiger partial charge on any atom is 0.387 e. The zero-order chi connectivity index (χ0) is 14.4. The summed E-state index contributed by atoms with van der Waals surface area (Å²) in [4.78, 5) is 11.6. The number of alkyl halides is 2. The van der Waals surface area contributed by atoms with Crippen LogP contribution in [0.5, 0.6) is 5.75 Å². The fourth-order valence-corrected chi connectivity index (χ4v) is 1.42. The number of rotatable bonds is 5. The second-order valence-corrected chi connectivity index (χ2v) is 3.37. The second kappa shape index (κ2) is 6.66. The monoisotopic (exact) mass is 271 g/mol. The van der Waals surface area contributed by atoms with E-state index >= 15 is 0 Å². The fraction of sp³-hybridized carbons (Fsp3) is 0.333. The molecule has 0 radical (unpaired) electrons. The Labute approximate surface area is 108 Å². The molecule has 0 unspecified atom stereocenters. The molecule has 0 fully saturated rings. The summed E-state index contributed by atoms with van der Waals surface area (Å²) in [5, 5.41) is 18.0. The predicted octanol–water partition coefficient (Wildman–Crippen LogP) is 1.83. The summed E-state index contributed by atoms with van der Waals surface area (Å²) in [6, 6.07) is 3.77. The lowest BCUT2D eigenvalue weighted by molar-refractivity contribution is -0.0509. The van der Waals surface area contributed by atoms with Crippen LogP contribution >= 0.6 is 0 Å². The van der Waals surface area contributed by atoms with Crippen molar-refractivity contribution >= 4 is 5.97 Å². The first-order valence-electron chi connectivity index (χ1n) is 5.33. The molecule has 0 saturated carbocycles. The summed E-state index contributed by atoms with van der Waals surface area (Å²) in [5.74, 6) is -1.11. The zero-order valence-corrected chi connectivity index (χ0v) is 10.0. The molecule has 0 aliphatic heterocycles. The topological polar surface area (TPSA) is 79.6 Å². The smallest absolute Gasteiger partial charge is 0.387 e. The van der Waals surface area contributed by atoms with Gasteiger partial charge in [0.1, 0.15) is 11.8 Å². The summed E-state index contributed by atoms with van der Waals surface area (Å²) < 4.78 is 33.3. The minimum atomic E-state index is -3.09. The van der Waals surface area contributed by atoms with Crippen molar-refractivity contribution in [1.82, 2.24) is 0 Å². The molecule has 1 rings (SSSR count). The van der Waals surface area contributed by atoms with Crippen LogP contribution in [0.1, 0.15) is 28.4 Å². The SMILES string of the molecule is CCOC(=O)c1cc(CO)c(OC(F)F)cc1C#N. The molecule has 0 aliphatic rings. The third kappa shape index (κ3) is 3.63. The Balaban J connectivity index is 3.27. The molecular weight excluding hydrogens is 260 g/mol. The molecule has 0 bridgehead atoms. The Hall–Kier alpha value is -2.20. The molecule has 0 heterocycles. The number of nitrogens with zero attached hydrogens (tertiary/aromatic N) is 1. The number of carbonyl (C=O) groups is 1. The van der Waals surface area contributed by atoms with Gasteiger partial charge >= 0.3 is 12.6 Å². The van der Waals surface area contributed by atoms with Gasteiger partial charge in [-0.05, 0) is 19.1 Å². The van der Waals surface area contributed by atoms with Crippen LogP contribution in [0.4, 0.5) is 8.78 Å². The first kappa shape index (κ1) is 14.9. The lowest BCUT2D eigenvalue weighted by atomic mass is 10.0. The van der Waals surface area contributed by atoms with E-state index in [0.29, 0.717) is 0 Å². The lowest BCUT2D eigenvalue weighted by Crippen LogP contribution is -2.10. The van der Waals surface area contributed by atoms with Gasteiger partial charge in [0.05, 0.1) is 24.3 Å². The number of halogens is 2. The zero-order valence-electron chi connectivity index (χ0n) is 10.0. The van der Waals surface area contributed by atoms with E-state index in [1.165, 1.54) is 0 Å². The van der Waals surface area contributed by atoms with Crippen LogP contribution in [-0.2, 0) is 11.3 Å². The Bertz CT molecular complexity index is 511. The highest BCUT2D eigenvalue weighted by molar-refractivity contribution is 5.92. The molecule has 7 heteroatoms. The van der Waals surface area contributed by atoms with Crippen molar-refractivity contribution in [2.75, 3.05) is 6.61 Å². The molecule has 19 heavy (non-hydrogen) atoms.